The van der Waals surface area contributed by atoms with Gasteiger partial charge in [-0.3, -0.25) is 14.5 Å². The van der Waals surface area contributed by atoms with Crippen LogP contribution in [-0.4, -0.2) is 93.7 Å². The Morgan fingerprint density at radius 3 is 2.56 bits per heavy atom. The number of aromatic nitrogens is 3. The van der Waals surface area contributed by atoms with E-state index in [1.165, 1.54) is 12.1 Å². The number of fused-ring (bicyclic) bond motifs is 2. The van der Waals surface area contributed by atoms with Gasteiger partial charge in [0.05, 0.1) is 22.8 Å². The minimum atomic E-state index is -0.956. The largest absolute Gasteiger partial charge is 0.493 e. The fraction of sp³-hybridized carbons (Fsp3) is 0.405. The summed E-state index contributed by atoms with van der Waals surface area (Å²) in [6, 6.07) is 14.6. The van der Waals surface area contributed by atoms with Crippen molar-refractivity contribution in [2.24, 2.45) is 7.05 Å². The summed E-state index contributed by atoms with van der Waals surface area (Å²) in [5.41, 5.74) is 5.50. The van der Waals surface area contributed by atoms with Crippen molar-refractivity contribution in [3.63, 3.8) is 0 Å². The molecule has 2 saturated heterocycles. The van der Waals surface area contributed by atoms with E-state index in [1.807, 2.05) is 60.5 Å². The van der Waals surface area contributed by atoms with Gasteiger partial charge in [0.2, 0.25) is 0 Å². The molecule has 3 aromatic carbocycles. The summed E-state index contributed by atoms with van der Waals surface area (Å²) in [5, 5.41) is 21.9. The van der Waals surface area contributed by atoms with E-state index in [1.54, 1.807) is 6.07 Å². The zero-order valence-corrected chi connectivity index (χ0v) is 28.5. The Labute approximate surface area is 284 Å². The van der Waals surface area contributed by atoms with Crippen LogP contribution in [-0.2, 0) is 20.0 Å². The van der Waals surface area contributed by atoms with Crippen LogP contribution in [0.2, 0.25) is 5.02 Å². The summed E-state index contributed by atoms with van der Waals surface area (Å²) in [6.45, 7) is 11.8. The predicted octanol–water partition coefficient (Wildman–Crippen LogP) is 5.90. The zero-order chi connectivity index (χ0) is 33.5. The Bertz CT molecular complexity index is 1990. The number of hydrogen-bond donors (Lipinski definition) is 2. The third kappa shape index (κ3) is 6.07. The number of ether oxygens (including phenoxy) is 1. The molecule has 7 rings (SSSR count). The first kappa shape index (κ1) is 32.6. The maximum Gasteiger partial charge on any atom is 0.352 e. The quantitative estimate of drug-likeness (QED) is 0.169. The molecule has 252 valence electrons. The minimum absolute atomic E-state index is 0.290. The Morgan fingerprint density at radius 2 is 1.83 bits per heavy atom. The second-order valence-corrected chi connectivity index (χ2v) is 13.5. The molecular weight excluding hydrogens is 631 g/mol. The lowest BCUT2D eigenvalue weighted by atomic mass is 9.98. The van der Waals surface area contributed by atoms with Crippen molar-refractivity contribution >= 4 is 39.2 Å². The summed E-state index contributed by atoms with van der Waals surface area (Å²) in [7, 11) is 1.91. The van der Waals surface area contributed by atoms with Crippen LogP contribution in [0.1, 0.15) is 33.9 Å². The molecule has 0 unspecified atom stereocenters. The summed E-state index contributed by atoms with van der Waals surface area (Å²) in [4.78, 5) is 18.1. The third-order valence-corrected chi connectivity index (χ3v) is 10.4. The normalized spacial score (nSPS) is 16.2. The lowest BCUT2D eigenvalue weighted by Gasteiger charge is -2.47. The van der Waals surface area contributed by atoms with Gasteiger partial charge in [-0.1, -0.05) is 29.8 Å². The third-order valence-electron chi connectivity index (χ3n) is 10.1. The number of nitrogens with zero attached hydrogens (tertiary/aromatic N) is 5. The average molecular weight is 673 g/mol. The van der Waals surface area contributed by atoms with E-state index in [-0.39, 0.29) is 5.82 Å². The smallest absolute Gasteiger partial charge is 0.352 e. The number of piperazine rings is 1. The highest BCUT2D eigenvalue weighted by molar-refractivity contribution is 6.35. The van der Waals surface area contributed by atoms with Crippen molar-refractivity contribution in [2.75, 3.05) is 52.4 Å². The number of hydrogen-bond acceptors (Lipinski definition) is 6. The Hall–Kier alpha value is -3.96. The SMILES string of the molecule is Cc1nn(C)c(C)c1-c1c(Cl)ccc2c(CCCOc3cccc4cc(F)ccc34)c(C(=O)O)n(CCN3CC(N4CCNCC4)C3)c12. The molecule has 0 atom stereocenters. The van der Waals surface area contributed by atoms with Gasteiger partial charge in [-0.2, -0.15) is 5.10 Å². The van der Waals surface area contributed by atoms with Gasteiger partial charge in [-0.05, 0) is 68.0 Å². The minimum Gasteiger partial charge on any atom is -0.493 e. The molecule has 0 amide bonds. The number of carbonyl (C=O) groups is 1. The first-order valence-corrected chi connectivity index (χ1v) is 17.1. The molecule has 2 fully saturated rings. The van der Waals surface area contributed by atoms with Crippen LogP contribution >= 0.6 is 11.6 Å². The summed E-state index contributed by atoms with van der Waals surface area (Å²) < 4.78 is 23.8. The molecule has 11 heteroatoms. The molecule has 0 bridgehead atoms. The average Bonchev–Trinajstić information content (AvgIpc) is 3.50. The van der Waals surface area contributed by atoms with E-state index in [0.717, 1.165) is 95.6 Å². The molecule has 5 aromatic rings. The van der Waals surface area contributed by atoms with Crippen LogP contribution in [0.25, 0.3) is 32.8 Å². The van der Waals surface area contributed by atoms with Gasteiger partial charge < -0.3 is 19.7 Å². The van der Waals surface area contributed by atoms with Gasteiger partial charge in [-0.25, -0.2) is 9.18 Å². The fourth-order valence-corrected chi connectivity index (χ4v) is 7.86. The number of benzene rings is 3. The molecule has 4 heterocycles. The number of likely N-dealkylation sites (tertiary alicyclic amines) is 1. The number of aromatic carboxylic acids is 1. The molecule has 2 aromatic heterocycles. The first-order valence-electron chi connectivity index (χ1n) is 16.8. The molecular formula is C37H42ClFN6O3. The number of nitrogens with one attached hydrogen (secondary N) is 1. The molecule has 9 nitrogen and oxygen atoms in total. The van der Waals surface area contributed by atoms with Crippen LogP contribution in [0, 0.1) is 19.7 Å². The first-order chi connectivity index (χ1) is 23.2. The number of carboxylic acid groups (broad SMARTS) is 1. The van der Waals surface area contributed by atoms with Crippen molar-refractivity contribution in [2.45, 2.75) is 39.3 Å². The molecule has 48 heavy (non-hydrogen) atoms. The molecule has 0 saturated carbocycles. The topological polar surface area (TPSA) is 87.8 Å². The van der Waals surface area contributed by atoms with Crippen molar-refractivity contribution in [3.05, 3.63) is 82.0 Å². The summed E-state index contributed by atoms with van der Waals surface area (Å²) >= 11 is 7.00. The van der Waals surface area contributed by atoms with E-state index in [2.05, 4.69) is 20.2 Å². The van der Waals surface area contributed by atoms with Gasteiger partial charge in [0, 0.05) is 93.0 Å². The van der Waals surface area contributed by atoms with Crippen LogP contribution in [0.15, 0.2) is 48.5 Å². The van der Waals surface area contributed by atoms with E-state index >= 15 is 0 Å². The lowest BCUT2D eigenvalue weighted by molar-refractivity contribution is 0.0254. The van der Waals surface area contributed by atoms with Crippen molar-refractivity contribution < 1.29 is 19.0 Å². The Kier molecular flexibility index (Phi) is 9.17. The van der Waals surface area contributed by atoms with Crippen molar-refractivity contribution in [1.29, 1.82) is 0 Å². The second-order valence-electron chi connectivity index (χ2n) is 13.0. The summed E-state index contributed by atoms with van der Waals surface area (Å²) in [6.07, 6.45) is 1.10. The Balaban J connectivity index is 1.21. The highest BCUT2D eigenvalue weighted by Crippen LogP contribution is 2.42. The van der Waals surface area contributed by atoms with Gasteiger partial charge in [0.25, 0.3) is 0 Å². The highest BCUT2D eigenvalue weighted by Gasteiger charge is 2.33. The van der Waals surface area contributed by atoms with Gasteiger partial charge in [0.1, 0.15) is 17.3 Å². The summed E-state index contributed by atoms with van der Waals surface area (Å²) in [5.74, 6) is -0.567. The second kappa shape index (κ2) is 13.5. The maximum absolute atomic E-state index is 13.8. The zero-order valence-electron chi connectivity index (χ0n) is 27.7. The fourth-order valence-electron chi connectivity index (χ4n) is 7.61. The Morgan fingerprint density at radius 1 is 1.06 bits per heavy atom. The number of aryl methyl sites for hydroxylation is 3. The van der Waals surface area contributed by atoms with Crippen LogP contribution < -0.4 is 10.1 Å². The molecule has 0 spiro atoms. The van der Waals surface area contributed by atoms with E-state index in [4.69, 9.17) is 16.3 Å². The van der Waals surface area contributed by atoms with Gasteiger partial charge in [-0.15, -0.1) is 0 Å². The molecule has 2 aliphatic heterocycles. The number of carboxylic acids is 1. The molecule has 2 N–H and O–H groups in total. The van der Waals surface area contributed by atoms with Crippen molar-refractivity contribution in [1.82, 2.24) is 29.5 Å². The van der Waals surface area contributed by atoms with Crippen LogP contribution in [0.4, 0.5) is 4.39 Å². The standard InChI is InChI=1S/C37H42ClFN6O3/c1-23-33(24(2)42(3)41-23)34-31(38)12-11-30-29(7-5-19-48-32-8-4-6-25-20-26(39)9-10-28(25)32)36(37(46)47)45(35(30)34)18-17-43-21-27(22-43)44-15-13-40-14-16-44/h4,6,8-12,20,27,40H,5,7,13-19,21-22H2,1-3H3,(H,46,47). The van der Waals surface area contributed by atoms with E-state index < -0.39 is 5.97 Å². The molecule has 0 radical (unpaired) electrons. The van der Waals surface area contributed by atoms with Gasteiger partial charge >= 0.3 is 5.97 Å². The van der Waals surface area contributed by atoms with Crippen LogP contribution in [0.5, 0.6) is 5.75 Å². The molecule has 0 aliphatic carbocycles. The lowest BCUT2D eigenvalue weighted by Crippen LogP contribution is -2.62. The van der Waals surface area contributed by atoms with E-state index in [9.17, 15) is 14.3 Å². The predicted molar refractivity (Wildman–Crippen MR) is 188 cm³/mol. The van der Waals surface area contributed by atoms with Gasteiger partial charge in [0.15, 0.2) is 0 Å². The molecule has 2 aliphatic rings. The highest BCUT2D eigenvalue weighted by atomic mass is 35.5. The monoisotopic (exact) mass is 672 g/mol. The van der Waals surface area contributed by atoms with E-state index in [0.29, 0.717) is 48.5 Å². The number of halogens is 2. The van der Waals surface area contributed by atoms with Crippen LogP contribution in [0.3, 0.4) is 0 Å². The number of rotatable bonds is 11. The maximum atomic E-state index is 13.8. The van der Waals surface area contributed by atoms with Crippen molar-refractivity contribution in [3.8, 4) is 16.9 Å².